The number of anilines is 2. The molecule has 2 aromatic heterocycles. The molecule has 0 amide bonds. The van der Waals surface area contributed by atoms with Gasteiger partial charge in [-0.3, -0.25) is 0 Å². The minimum absolute atomic E-state index is 0.143. The molecule has 0 saturated heterocycles. The first-order valence-corrected chi connectivity index (χ1v) is 6.84. The van der Waals surface area contributed by atoms with Gasteiger partial charge >= 0.3 is 6.01 Å². The lowest BCUT2D eigenvalue weighted by Gasteiger charge is -2.07. The van der Waals surface area contributed by atoms with Crippen LogP contribution < -0.4 is 15.8 Å². The number of aryl methyl sites for hydroxylation is 1. The monoisotopic (exact) mass is 280 g/mol. The minimum Gasteiger partial charge on any atom is -0.463 e. The molecule has 3 N–H and O–H groups in total. The van der Waals surface area contributed by atoms with Crippen molar-refractivity contribution in [2.24, 2.45) is 0 Å². The van der Waals surface area contributed by atoms with Crippen LogP contribution >= 0.6 is 11.3 Å². The van der Waals surface area contributed by atoms with Crippen LogP contribution in [0.1, 0.15) is 23.9 Å². The third-order valence-electron chi connectivity index (χ3n) is 2.32. The van der Waals surface area contributed by atoms with Crippen LogP contribution in [0.3, 0.4) is 0 Å². The van der Waals surface area contributed by atoms with Gasteiger partial charge in [0.25, 0.3) is 0 Å². The van der Waals surface area contributed by atoms with Gasteiger partial charge in [0, 0.05) is 4.88 Å². The Morgan fingerprint density at radius 1 is 1.37 bits per heavy atom. The Bertz CT molecular complexity index is 544. The van der Waals surface area contributed by atoms with Crippen molar-refractivity contribution in [2.75, 3.05) is 17.7 Å². The van der Waals surface area contributed by atoms with Gasteiger partial charge in [-0.15, -0.1) is 11.3 Å². The molecule has 19 heavy (non-hydrogen) atoms. The van der Waals surface area contributed by atoms with E-state index in [1.54, 1.807) is 11.3 Å². The Kier molecular flexibility index (Phi) is 4.45. The van der Waals surface area contributed by atoms with Crippen molar-refractivity contribution < 1.29 is 4.74 Å². The Balaban J connectivity index is 2.03. The summed E-state index contributed by atoms with van der Waals surface area (Å²) in [7, 11) is 0. The Labute approximate surface area is 115 Å². The fourth-order valence-corrected chi connectivity index (χ4v) is 2.08. The molecule has 0 unspecified atom stereocenters. The molecule has 2 aromatic rings. The van der Waals surface area contributed by atoms with Gasteiger partial charge in [0.2, 0.25) is 11.9 Å². The maximum atomic E-state index is 5.62. The van der Waals surface area contributed by atoms with E-state index >= 15 is 0 Å². The smallest absolute Gasteiger partial charge is 0.323 e. The molecular formula is C11H16N6OS. The summed E-state index contributed by atoms with van der Waals surface area (Å²) < 4.78 is 5.35. The summed E-state index contributed by atoms with van der Waals surface area (Å²) in [5.41, 5.74) is 8.43. The van der Waals surface area contributed by atoms with Crippen molar-refractivity contribution in [1.82, 2.24) is 19.9 Å². The van der Waals surface area contributed by atoms with E-state index in [-0.39, 0.29) is 12.0 Å². The average Bonchev–Trinajstić information content (AvgIpc) is 2.79. The number of thiazole rings is 1. The number of rotatable bonds is 6. The molecule has 2 rings (SSSR count). The zero-order valence-electron chi connectivity index (χ0n) is 10.9. The lowest BCUT2D eigenvalue weighted by Crippen LogP contribution is -2.09. The number of nitrogens with two attached hydrogens (primary N) is 1. The van der Waals surface area contributed by atoms with Crippen LogP contribution in [0.15, 0.2) is 5.51 Å². The Morgan fingerprint density at radius 3 is 2.89 bits per heavy atom. The maximum absolute atomic E-state index is 5.62. The molecule has 0 atom stereocenters. The van der Waals surface area contributed by atoms with Crippen molar-refractivity contribution in [3.63, 3.8) is 0 Å². The lowest BCUT2D eigenvalue weighted by molar-refractivity contribution is 0.292. The highest BCUT2D eigenvalue weighted by Crippen LogP contribution is 2.15. The molecule has 2 heterocycles. The van der Waals surface area contributed by atoms with E-state index in [0.29, 0.717) is 19.1 Å². The Hall–Kier alpha value is -1.96. The van der Waals surface area contributed by atoms with Crippen molar-refractivity contribution in [3.8, 4) is 6.01 Å². The van der Waals surface area contributed by atoms with Crippen molar-refractivity contribution in [2.45, 2.75) is 26.8 Å². The molecule has 7 nitrogen and oxygen atoms in total. The zero-order chi connectivity index (χ0) is 13.7. The number of aromatic nitrogens is 4. The normalized spacial score (nSPS) is 10.4. The van der Waals surface area contributed by atoms with E-state index < -0.39 is 0 Å². The van der Waals surface area contributed by atoms with Crippen LogP contribution in [-0.2, 0) is 6.54 Å². The van der Waals surface area contributed by atoms with E-state index in [4.69, 9.17) is 10.5 Å². The summed E-state index contributed by atoms with van der Waals surface area (Å²) in [6.07, 6.45) is 0.883. The summed E-state index contributed by atoms with van der Waals surface area (Å²) in [6.45, 7) is 5.13. The SMILES string of the molecule is CCCOc1nc(N)nc(NCc2scnc2C)n1. The van der Waals surface area contributed by atoms with Gasteiger partial charge in [-0.2, -0.15) is 15.0 Å². The van der Waals surface area contributed by atoms with E-state index in [9.17, 15) is 0 Å². The standard InChI is InChI=1S/C11H16N6OS/c1-3-4-18-11-16-9(12)15-10(17-11)13-5-8-7(2)14-6-19-8/h6H,3-5H2,1-2H3,(H3,12,13,15,16,17). The van der Waals surface area contributed by atoms with Gasteiger partial charge < -0.3 is 15.8 Å². The second kappa shape index (κ2) is 6.28. The van der Waals surface area contributed by atoms with Gasteiger partial charge in [0.15, 0.2) is 0 Å². The van der Waals surface area contributed by atoms with Crippen molar-refractivity contribution >= 4 is 23.2 Å². The van der Waals surface area contributed by atoms with E-state index in [1.165, 1.54) is 0 Å². The van der Waals surface area contributed by atoms with Crippen LogP contribution in [-0.4, -0.2) is 26.5 Å². The summed E-state index contributed by atoms with van der Waals surface area (Å²) in [4.78, 5) is 17.4. The molecule has 8 heteroatoms. The highest BCUT2D eigenvalue weighted by atomic mass is 32.1. The van der Waals surface area contributed by atoms with Crippen molar-refractivity contribution in [1.29, 1.82) is 0 Å². The van der Waals surface area contributed by atoms with Gasteiger partial charge in [-0.1, -0.05) is 6.92 Å². The number of hydrogen-bond donors (Lipinski definition) is 2. The molecule has 0 spiro atoms. The first-order chi connectivity index (χ1) is 9.19. The lowest BCUT2D eigenvalue weighted by atomic mass is 10.4. The third kappa shape index (κ3) is 3.75. The molecule has 0 bridgehead atoms. The Morgan fingerprint density at radius 2 is 2.21 bits per heavy atom. The molecule has 0 aliphatic rings. The molecule has 0 saturated carbocycles. The van der Waals surface area contributed by atoms with E-state index in [1.807, 2.05) is 19.4 Å². The predicted molar refractivity (Wildman–Crippen MR) is 74.2 cm³/mol. The van der Waals surface area contributed by atoms with Gasteiger partial charge in [-0.25, -0.2) is 4.98 Å². The zero-order valence-corrected chi connectivity index (χ0v) is 11.7. The second-order valence-electron chi connectivity index (χ2n) is 3.86. The first kappa shape index (κ1) is 13.5. The highest BCUT2D eigenvalue weighted by Gasteiger charge is 2.07. The van der Waals surface area contributed by atoms with Crippen LogP contribution in [0.5, 0.6) is 6.01 Å². The highest BCUT2D eigenvalue weighted by molar-refractivity contribution is 7.09. The fraction of sp³-hybridized carbons (Fsp3) is 0.455. The third-order valence-corrected chi connectivity index (χ3v) is 3.25. The molecule has 0 radical (unpaired) electrons. The topological polar surface area (TPSA) is 98.8 Å². The van der Waals surface area contributed by atoms with Gasteiger partial charge in [0.05, 0.1) is 24.4 Å². The predicted octanol–water partition coefficient (Wildman–Crippen LogP) is 1.62. The van der Waals surface area contributed by atoms with Crippen LogP contribution in [0.4, 0.5) is 11.9 Å². The number of nitrogen functional groups attached to an aromatic ring is 1. The summed E-state index contributed by atoms with van der Waals surface area (Å²) >= 11 is 1.58. The summed E-state index contributed by atoms with van der Waals surface area (Å²) in [6, 6.07) is 0.248. The van der Waals surface area contributed by atoms with Crippen molar-refractivity contribution in [3.05, 3.63) is 16.1 Å². The molecule has 0 aliphatic carbocycles. The number of nitrogens with zero attached hydrogens (tertiary/aromatic N) is 4. The van der Waals surface area contributed by atoms with Gasteiger partial charge in [-0.05, 0) is 13.3 Å². The van der Waals surface area contributed by atoms with E-state index in [0.717, 1.165) is 17.0 Å². The first-order valence-electron chi connectivity index (χ1n) is 5.96. The second-order valence-corrected chi connectivity index (χ2v) is 4.80. The minimum atomic E-state index is 0.143. The van der Waals surface area contributed by atoms with Crippen LogP contribution in [0.25, 0.3) is 0 Å². The quantitative estimate of drug-likeness (QED) is 0.829. The number of hydrogen-bond acceptors (Lipinski definition) is 8. The number of ether oxygens (including phenoxy) is 1. The molecule has 0 aromatic carbocycles. The van der Waals surface area contributed by atoms with Crippen LogP contribution in [0.2, 0.25) is 0 Å². The molecule has 102 valence electrons. The molecular weight excluding hydrogens is 264 g/mol. The summed E-state index contributed by atoms with van der Waals surface area (Å²) in [5.74, 6) is 0.552. The number of nitrogens with one attached hydrogen (secondary N) is 1. The largest absolute Gasteiger partial charge is 0.463 e. The van der Waals surface area contributed by atoms with Gasteiger partial charge in [0.1, 0.15) is 0 Å². The summed E-state index contributed by atoms with van der Waals surface area (Å²) in [5, 5.41) is 3.09. The van der Waals surface area contributed by atoms with E-state index in [2.05, 4.69) is 25.3 Å². The average molecular weight is 280 g/mol. The van der Waals surface area contributed by atoms with Crippen LogP contribution in [0, 0.1) is 6.92 Å². The molecule has 0 aliphatic heterocycles. The molecule has 0 fully saturated rings. The fourth-order valence-electron chi connectivity index (χ4n) is 1.36. The maximum Gasteiger partial charge on any atom is 0.323 e.